The predicted molar refractivity (Wildman–Crippen MR) is 64.8 cm³/mol. The Hall–Kier alpha value is -1.41. The van der Waals surface area contributed by atoms with Crippen molar-refractivity contribution < 1.29 is 27.0 Å². The molecule has 0 aliphatic carbocycles. The van der Waals surface area contributed by atoms with Crippen LogP contribution in [0.5, 0.6) is 0 Å². The molecule has 106 valence electrons. The monoisotopic (exact) mass is 295 g/mol. The summed E-state index contributed by atoms with van der Waals surface area (Å²) in [4.78, 5) is 0. The van der Waals surface area contributed by atoms with Gasteiger partial charge < -0.3 is 0 Å². The van der Waals surface area contributed by atoms with Crippen molar-refractivity contribution in [3.05, 3.63) is 35.4 Å². The molecule has 0 amide bonds. The Morgan fingerprint density at radius 2 is 1.74 bits per heavy atom. The van der Waals surface area contributed by atoms with Gasteiger partial charge in [-0.3, -0.25) is 5.41 Å². The predicted octanol–water partition coefficient (Wildman–Crippen LogP) is 0.325. The Balaban J connectivity index is 2.86. The molecule has 0 fully saturated rings. The van der Waals surface area contributed by atoms with Crippen LogP contribution in [0, 0.1) is 6.92 Å². The lowest BCUT2D eigenvalue weighted by Crippen LogP contribution is -2.50. The molecule has 1 aromatic carbocycles. The third kappa shape index (κ3) is 3.54. The topological polar surface area (TPSA) is 63.0 Å². The molecule has 0 unspecified atom stereocenters. The van der Waals surface area contributed by atoms with Gasteiger partial charge in [-0.1, -0.05) is 17.7 Å². The van der Waals surface area contributed by atoms with Crippen LogP contribution in [0.25, 0.3) is 0 Å². The Bertz CT molecular complexity index is 565. The van der Waals surface area contributed by atoms with Gasteiger partial charge in [0.05, 0.1) is 6.54 Å². The second-order valence-corrected chi connectivity index (χ2v) is 6.13. The van der Waals surface area contributed by atoms with Crippen LogP contribution in [0.1, 0.15) is 11.1 Å². The minimum absolute atomic E-state index is 0.0512. The van der Waals surface area contributed by atoms with Crippen molar-refractivity contribution in [3.63, 3.8) is 0 Å². The van der Waals surface area contributed by atoms with E-state index in [-0.39, 0.29) is 10.0 Å². The Kier molecular flexibility index (Phi) is 4.36. The normalized spacial score (nSPS) is 12.7. The van der Waals surface area contributed by atoms with Gasteiger partial charge in [-0.05, 0) is 19.1 Å². The van der Waals surface area contributed by atoms with Gasteiger partial charge in [0.25, 0.3) is 0 Å². The van der Waals surface area contributed by atoms with E-state index < -0.39 is 22.1 Å². The second kappa shape index (κ2) is 5.30. The van der Waals surface area contributed by atoms with Crippen LogP contribution in [0.3, 0.4) is 0 Å². The maximum absolute atomic E-state index is 12.3. The van der Waals surface area contributed by atoms with Gasteiger partial charge in [-0.15, -0.1) is 0 Å². The molecule has 0 heterocycles. The molecule has 0 saturated heterocycles. The molecule has 0 aliphatic rings. The number of sulfonamides is 1. The number of aryl methyl sites for hydroxylation is 1. The van der Waals surface area contributed by atoms with E-state index in [9.17, 15) is 21.6 Å². The van der Waals surface area contributed by atoms with Gasteiger partial charge in [-0.25, -0.2) is 8.42 Å². The smallest absolute Gasteiger partial charge is 0.256 e. The second-order valence-electron chi connectivity index (χ2n) is 4.10. The van der Waals surface area contributed by atoms with E-state index in [0.29, 0.717) is 5.56 Å². The molecule has 4 nitrogen and oxygen atoms in total. The number of halogens is 3. The molecule has 0 atom stereocenters. The Morgan fingerprint density at radius 1 is 1.26 bits per heavy atom. The zero-order chi connectivity index (χ0) is 14.8. The van der Waals surface area contributed by atoms with Crippen LogP contribution in [0.15, 0.2) is 24.3 Å². The van der Waals surface area contributed by atoms with Crippen molar-refractivity contribution in [3.8, 4) is 0 Å². The zero-order valence-corrected chi connectivity index (χ0v) is 11.2. The largest absolute Gasteiger partial charge is 0.511 e. The number of benzene rings is 1. The van der Waals surface area contributed by atoms with Crippen molar-refractivity contribution in [1.82, 2.24) is 4.31 Å². The summed E-state index contributed by atoms with van der Waals surface area (Å²) >= 11 is 0. The van der Waals surface area contributed by atoms with Crippen LogP contribution in [0.4, 0.5) is 13.2 Å². The van der Waals surface area contributed by atoms with Crippen molar-refractivity contribution >= 4 is 15.7 Å². The molecule has 8 heteroatoms. The first-order chi connectivity index (χ1) is 8.55. The highest BCUT2D eigenvalue weighted by Gasteiger charge is 2.49. The molecule has 1 rings (SSSR count). The van der Waals surface area contributed by atoms with Crippen LogP contribution in [-0.2, 0) is 10.0 Å². The van der Waals surface area contributed by atoms with E-state index in [4.69, 9.17) is 5.41 Å². The van der Waals surface area contributed by atoms with Crippen molar-refractivity contribution in [2.24, 2.45) is 0 Å². The van der Waals surface area contributed by atoms with Crippen LogP contribution < -0.4 is 5.41 Å². The molecule has 1 aromatic rings. The molecular weight excluding hydrogens is 281 g/mol. The van der Waals surface area contributed by atoms with E-state index >= 15 is 0 Å². The summed E-state index contributed by atoms with van der Waals surface area (Å²) in [5.74, 6) is 0. The number of hydrogen-bond donors (Lipinski definition) is 1. The molecule has 0 saturated carbocycles. The van der Waals surface area contributed by atoms with Crippen molar-refractivity contribution in [1.29, 1.82) is 0 Å². The Labute approximate surface area is 109 Å². The van der Waals surface area contributed by atoms with Gasteiger partial charge in [0, 0.05) is 12.6 Å². The molecular formula is C11H14F3N2O2S+. The van der Waals surface area contributed by atoms with Crippen molar-refractivity contribution in [2.75, 3.05) is 13.6 Å². The van der Waals surface area contributed by atoms with E-state index in [1.54, 1.807) is 24.3 Å². The standard InChI is InChI=1S/C11H13F3N2O2S/c1-8-3-5-9(6-4-8)10(15)7-16(2)19(17,18)11(12,13)14/h3-6,15H,7H2,1-2H3/p+1. The maximum Gasteiger partial charge on any atom is 0.511 e. The maximum atomic E-state index is 12.3. The first-order valence-electron chi connectivity index (χ1n) is 5.26. The third-order valence-corrected chi connectivity index (χ3v) is 4.05. The van der Waals surface area contributed by atoms with E-state index in [1.165, 1.54) is 0 Å². The highest BCUT2D eigenvalue weighted by atomic mass is 32.2. The quantitative estimate of drug-likeness (QED) is 0.813. The summed E-state index contributed by atoms with van der Waals surface area (Å²) in [5.41, 5.74) is -3.81. The first-order valence-corrected chi connectivity index (χ1v) is 6.70. The highest BCUT2D eigenvalue weighted by molar-refractivity contribution is 7.90. The van der Waals surface area contributed by atoms with Crippen LogP contribution in [0.2, 0.25) is 0 Å². The molecule has 0 aromatic heterocycles. The highest BCUT2D eigenvalue weighted by Crippen LogP contribution is 2.25. The summed E-state index contributed by atoms with van der Waals surface area (Å²) in [6.07, 6.45) is 0. The SMILES string of the molecule is Cc1ccc(C(=[NH2+])CN(C)S(=O)(=O)C(F)(F)F)cc1. The summed E-state index contributed by atoms with van der Waals surface area (Å²) in [5, 5.41) is 5.63. The fourth-order valence-corrected chi connectivity index (χ4v) is 2.02. The molecule has 0 spiro atoms. The fraction of sp³-hybridized carbons (Fsp3) is 0.364. The lowest BCUT2D eigenvalue weighted by molar-refractivity contribution is -0.115. The number of hydrogen-bond acceptors (Lipinski definition) is 2. The third-order valence-electron chi connectivity index (χ3n) is 2.52. The van der Waals surface area contributed by atoms with Gasteiger partial charge >= 0.3 is 15.5 Å². The minimum atomic E-state index is -5.36. The van der Waals surface area contributed by atoms with E-state index in [1.807, 2.05) is 6.92 Å². The molecule has 0 radical (unpaired) electrons. The van der Waals surface area contributed by atoms with Crippen LogP contribution in [-0.4, -0.2) is 37.5 Å². The lowest BCUT2D eigenvalue weighted by atomic mass is 10.1. The number of rotatable bonds is 4. The van der Waals surface area contributed by atoms with Gasteiger partial charge in [0.1, 0.15) is 0 Å². The first kappa shape index (κ1) is 15.6. The molecule has 0 aliphatic heterocycles. The number of likely N-dealkylation sites (N-methyl/N-ethyl adjacent to an activating group) is 1. The van der Waals surface area contributed by atoms with Gasteiger partial charge in [0.2, 0.25) is 0 Å². The van der Waals surface area contributed by atoms with Gasteiger partial charge in [-0.2, -0.15) is 17.5 Å². The number of alkyl halides is 3. The van der Waals surface area contributed by atoms with Gasteiger partial charge in [0.15, 0.2) is 5.71 Å². The zero-order valence-electron chi connectivity index (χ0n) is 10.4. The van der Waals surface area contributed by atoms with Crippen LogP contribution >= 0.6 is 0 Å². The van der Waals surface area contributed by atoms with Crippen molar-refractivity contribution in [2.45, 2.75) is 12.4 Å². The minimum Gasteiger partial charge on any atom is -0.256 e. The molecule has 19 heavy (non-hydrogen) atoms. The average Bonchev–Trinajstić information content (AvgIpc) is 2.28. The Morgan fingerprint density at radius 3 is 2.16 bits per heavy atom. The fourth-order valence-electron chi connectivity index (χ4n) is 1.36. The molecule has 0 bridgehead atoms. The molecule has 2 N–H and O–H groups in total. The number of nitrogens with two attached hydrogens (primary N) is 1. The summed E-state index contributed by atoms with van der Waals surface area (Å²) in [6.45, 7) is 1.32. The summed E-state index contributed by atoms with van der Waals surface area (Å²) in [7, 11) is -4.52. The number of nitrogens with zero attached hydrogens (tertiary/aromatic N) is 1. The lowest BCUT2D eigenvalue weighted by Gasteiger charge is -2.17. The summed E-state index contributed by atoms with van der Waals surface area (Å²) in [6, 6.07) is 6.72. The summed E-state index contributed by atoms with van der Waals surface area (Å²) < 4.78 is 59.3. The van der Waals surface area contributed by atoms with E-state index in [0.717, 1.165) is 12.6 Å². The van der Waals surface area contributed by atoms with E-state index in [2.05, 4.69) is 0 Å². The average molecular weight is 295 g/mol.